The van der Waals surface area contributed by atoms with E-state index >= 15 is 0 Å². The maximum atomic E-state index is 12.3. The first kappa shape index (κ1) is 16.9. The van der Waals surface area contributed by atoms with Crippen LogP contribution in [0.1, 0.15) is 21.6 Å². The normalized spacial score (nSPS) is 10.3. The number of rotatable bonds is 5. The number of aromatic nitrogens is 2. The summed E-state index contributed by atoms with van der Waals surface area (Å²) in [4.78, 5) is 20.5. The fourth-order valence-electron chi connectivity index (χ4n) is 2.21. The molecule has 1 aromatic heterocycles. The van der Waals surface area contributed by atoms with Gasteiger partial charge in [0.1, 0.15) is 17.8 Å². The van der Waals surface area contributed by atoms with Gasteiger partial charge in [-0.15, -0.1) is 0 Å². The minimum absolute atomic E-state index is 0.248. The summed E-state index contributed by atoms with van der Waals surface area (Å²) < 4.78 is 0. The van der Waals surface area contributed by atoms with E-state index < -0.39 is 0 Å². The molecule has 0 saturated heterocycles. The number of hydrogen-bond acceptors (Lipinski definition) is 4. The van der Waals surface area contributed by atoms with Crippen molar-refractivity contribution in [3.63, 3.8) is 0 Å². The van der Waals surface area contributed by atoms with Crippen LogP contribution in [0.15, 0.2) is 60.9 Å². The van der Waals surface area contributed by atoms with E-state index in [0.29, 0.717) is 23.1 Å². The molecular formula is C19H17ClN4O. The summed E-state index contributed by atoms with van der Waals surface area (Å²) in [5.74, 6) is 0.292. The van der Waals surface area contributed by atoms with E-state index in [1.165, 1.54) is 11.9 Å². The van der Waals surface area contributed by atoms with Crippen LogP contribution >= 0.6 is 11.6 Å². The lowest BCUT2D eigenvalue weighted by atomic mass is 10.1. The molecule has 0 unspecified atom stereocenters. The van der Waals surface area contributed by atoms with Gasteiger partial charge in [-0.3, -0.25) is 4.79 Å². The summed E-state index contributed by atoms with van der Waals surface area (Å²) in [6, 6.07) is 16.8. The molecular weight excluding hydrogens is 336 g/mol. The first-order valence-electron chi connectivity index (χ1n) is 7.78. The van der Waals surface area contributed by atoms with E-state index in [0.717, 1.165) is 11.3 Å². The average Bonchev–Trinajstić information content (AvgIpc) is 2.63. The van der Waals surface area contributed by atoms with Crippen molar-refractivity contribution in [1.29, 1.82) is 0 Å². The number of halogens is 1. The molecule has 126 valence electrons. The first-order valence-corrected chi connectivity index (χ1v) is 8.16. The highest BCUT2D eigenvalue weighted by atomic mass is 35.5. The molecule has 0 aliphatic carbocycles. The van der Waals surface area contributed by atoms with Crippen molar-refractivity contribution in [2.24, 2.45) is 0 Å². The third-order valence-corrected chi connectivity index (χ3v) is 3.84. The fraction of sp³-hybridized carbons (Fsp3) is 0.105. The van der Waals surface area contributed by atoms with Crippen molar-refractivity contribution in [2.45, 2.75) is 13.5 Å². The standard InChI is InChI=1S/C19H17ClN4O/c1-13-2-4-14(5-3-13)11-21-19(25)17-10-18(23-12-22-17)24-16-8-6-15(20)7-9-16/h2-10,12H,11H2,1H3,(H,21,25)(H,22,23,24). The molecule has 1 heterocycles. The Morgan fingerprint density at radius 1 is 1.04 bits per heavy atom. The molecule has 3 aromatic rings. The third kappa shape index (κ3) is 4.78. The van der Waals surface area contributed by atoms with Crippen LogP contribution < -0.4 is 10.6 Å². The Labute approximate surface area is 151 Å². The maximum Gasteiger partial charge on any atom is 0.270 e. The average molecular weight is 353 g/mol. The number of anilines is 2. The molecule has 0 spiro atoms. The number of carbonyl (C=O) groups is 1. The second kappa shape index (κ2) is 7.77. The number of nitrogens with one attached hydrogen (secondary N) is 2. The molecule has 0 atom stereocenters. The SMILES string of the molecule is Cc1ccc(CNC(=O)c2cc(Nc3ccc(Cl)cc3)ncn2)cc1. The van der Waals surface area contributed by atoms with Crippen molar-refractivity contribution in [2.75, 3.05) is 5.32 Å². The van der Waals surface area contributed by atoms with Crippen molar-refractivity contribution in [1.82, 2.24) is 15.3 Å². The van der Waals surface area contributed by atoms with Gasteiger partial charge in [-0.1, -0.05) is 41.4 Å². The van der Waals surface area contributed by atoms with E-state index in [1.807, 2.05) is 43.3 Å². The van der Waals surface area contributed by atoms with Crippen molar-refractivity contribution < 1.29 is 4.79 Å². The Balaban J connectivity index is 1.64. The number of carbonyl (C=O) groups excluding carboxylic acids is 1. The highest BCUT2D eigenvalue weighted by molar-refractivity contribution is 6.30. The summed E-state index contributed by atoms with van der Waals surface area (Å²) >= 11 is 5.87. The number of hydrogen-bond donors (Lipinski definition) is 2. The predicted molar refractivity (Wildman–Crippen MR) is 99.1 cm³/mol. The Morgan fingerprint density at radius 2 is 1.76 bits per heavy atom. The van der Waals surface area contributed by atoms with Crippen LogP contribution in [-0.4, -0.2) is 15.9 Å². The summed E-state index contributed by atoms with van der Waals surface area (Å²) in [5.41, 5.74) is 3.35. The van der Waals surface area contributed by atoms with Gasteiger partial charge in [-0.2, -0.15) is 0 Å². The summed E-state index contributed by atoms with van der Waals surface area (Å²) in [5, 5.41) is 6.63. The van der Waals surface area contributed by atoms with Crippen molar-refractivity contribution in [3.8, 4) is 0 Å². The Bertz CT molecular complexity index is 863. The van der Waals surface area contributed by atoms with Gasteiger partial charge in [0.05, 0.1) is 0 Å². The smallest absolute Gasteiger partial charge is 0.270 e. The number of nitrogens with zero attached hydrogens (tertiary/aromatic N) is 2. The first-order chi connectivity index (χ1) is 12.1. The zero-order valence-electron chi connectivity index (χ0n) is 13.7. The van der Waals surface area contributed by atoms with Crippen LogP contribution in [0.3, 0.4) is 0 Å². The van der Waals surface area contributed by atoms with E-state index in [9.17, 15) is 4.79 Å². The number of aryl methyl sites for hydroxylation is 1. The van der Waals surface area contributed by atoms with Gasteiger partial charge in [0.25, 0.3) is 5.91 Å². The lowest BCUT2D eigenvalue weighted by molar-refractivity contribution is 0.0946. The number of amides is 1. The Morgan fingerprint density at radius 3 is 2.48 bits per heavy atom. The largest absolute Gasteiger partial charge is 0.347 e. The molecule has 0 aliphatic rings. The van der Waals surface area contributed by atoms with Crippen LogP contribution in [0.25, 0.3) is 0 Å². The molecule has 2 N–H and O–H groups in total. The molecule has 6 heteroatoms. The summed E-state index contributed by atoms with van der Waals surface area (Å²) in [7, 11) is 0. The molecule has 25 heavy (non-hydrogen) atoms. The lowest BCUT2D eigenvalue weighted by Gasteiger charge is -2.08. The predicted octanol–water partition coefficient (Wildman–Crippen LogP) is 4.11. The van der Waals surface area contributed by atoms with Gasteiger partial charge in [-0.05, 0) is 36.8 Å². The van der Waals surface area contributed by atoms with Crippen LogP contribution in [0.5, 0.6) is 0 Å². The van der Waals surface area contributed by atoms with E-state index in [-0.39, 0.29) is 5.91 Å². The van der Waals surface area contributed by atoms with Crippen LogP contribution in [0.2, 0.25) is 5.02 Å². The van der Waals surface area contributed by atoms with Gasteiger partial charge in [0.2, 0.25) is 0 Å². The van der Waals surface area contributed by atoms with Gasteiger partial charge in [0, 0.05) is 23.3 Å². The monoisotopic (exact) mass is 352 g/mol. The Kier molecular flexibility index (Phi) is 5.26. The molecule has 0 fully saturated rings. The molecule has 0 bridgehead atoms. The quantitative estimate of drug-likeness (QED) is 0.725. The minimum atomic E-state index is -0.248. The van der Waals surface area contributed by atoms with Crippen LogP contribution in [0.4, 0.5) is 11.5 Å². The molecule has 3 rings (SSSR count). The highest BCUT2D eigenvalue weighted by Crippen LogP contribution is 2.17. The van der Waals surface area contributed by atoms with Crippen LogP contribution in [0, 0.1) is 6.92 Å². The van der Waals surface area contributed by atoms with Crippen LogP contribution in [-0.2, 0) is 6.54 Å². The minimum Gasteiger partial charge on any atom is -0.347 e. The second-order valence-electron chi connectivity index (χ2n) is 5.59. The maximum absolute atomic E-state index is 12.3. The molecule has 0 saturated carbocycles. The van der Waals surface area contributed by atoms with Gasteiger partial charge >= 0.3 is 0 Å². The third-order valence-electron chi connectivity index (χ3n) is 3.59. The number of benzene rings is 2. The van der Waals surface area contributed by atoms with Gasteiger partial charge in [0.15, 0.2) is 0 Å². The topological polar surface area (TPSA) is 66.9 Å². The zero-order chi connectivity index (χ0) is 17.6. The summed E-state index contributed by atoms with van der Waals surface area (Å²) in [6.45, 7) is 2.47. The van der Waals surface area contributed by atoms with E-state index in [4.69, 9.17) is 11.6 Å². The zero-order valence-corrected chi connectivity index (χ0v) is 14.4. The molecule has 0 radical (unpaired) electrons. The molecule has 1 amide bonds. The highest BCUT2D eigenvalue weighted by Gasteiger charge is 2.09. The molecule has 0 aliphatic heterocycles. The van der Waals surface area contributed by atoms with Gasteiger partial charge in [-0.25, -0.2) is 9.97 Å². The fourth-order valence-corrected chi connectivity index (χ4v) is 2.34. The van der Waals surface area contributed by atoms with Gasteiger partial charge < -0.3 is 10.6 Å². The second-order valence-corrected chi connectivity index (χ2v) is 6.03. The van der Waals surface area contributed by atoms with E-state index in [1.54, 1.807) is 18.2 Å². The lowest BCUT2D eigenvalue weighted by Crippen LogP contribution is -2.24. The van der Waals surface area contributed by atoms with Crippen molar-refractivity contribution >= 4 is 29.0 Å². The van der Waals surface area contributed by atoms with Crippen molar-refractivity contribution in [3.05, 3.63) is 82.8 Å². The summed E-state index contributed by atoms with van der Waals surface area (Å²) in [6.07, 6.45) is 1.36. The Hall–Kier alpha value is -2.92. The van der Waals surface area contributed by atoms with E-state index in [2.05, 4.69) is 20.6 Å². The molecule has 2 aromatic carbocycles. The molecule has 5 nitrogen and oxygen atoms in total.